The molecule has 0 bridgehead atoms. The summed E-state index contributed by atoms with van der Waals surface area (Å²) in [5.74, 6) is -1.76. The number of hydrogen-bond donors (Lipinski definition) is 0. The summed E-state index contributed by atoms with van der Waals surface area (Å²) in [5.41, 5.74) is 0. The maximum absolute atomic E-state index is 11.3. The third-order valence-corrected chi connectivity index (χ3v) is 12.8. The van der Waals surface area contributed by atoms with E-state index in [1.165, 1.54) is 205 Å². The average Bonchev–Trinajstić information content (AvgIpc) is 3.23. The van der Waals surface area contributed by atoms with Crippen LogP contribution in [0.2, 0.25) is 0 Å². The van der Waals surface area contributed by atoms with Crippen molar-refractivity contribution >= 4 is 49.7 Å². The molecule has 6 nitrogen and oxygen atoms in total. The van der Waals surface area contributed by atoms with E-state index in [-0.39, 0.29) is 62.7 Å². The number of carboxylic acids is 2. The summed E-state index contributed by atoms with van der Waals surface area (Å²) < 4.78 is 0. The van der Waals surface area contributed by atoms with Gasteiger partial charge in [-0.25, -0.2) is 0 Å². The van der Waals surface area contributed by atoms with Crippen LogP contribution in [0.15, 0.2) is 0 Å². The molecule has 7 heteroatoms. The number of carbonyl (C=O) groups excluding carboxylic acids is 2. The van der Waals surface area contributed by atoms with Crippen molar-refractivity contribution in [2.24, 2.45) is 0 Å². The molecule has 0 fully saturated rings. The number of aliphatic carboxylic acids is 2. The van der Waals surface area contributed by atoms with E-state index in [9.17, 15) is 19.8 Å². The minimum Gasteiger partial charge on any atom is -0.550 e. The molecule has 2 atom stereocenters. The third kappa shape index (κ3) is 49.4. The van der Waals surface area contributed by atoms with Crippen molar-refractivity contribution in [1.82, 2.24) is 9.80 Å². The molecule has 61 heavy (non-hydrogen) atoms. The summed E-state index contributed by atoms with van der Waals surface area (Å²) in [4.78, 5) is 27.7. The van der Waals surface area contributed by atoms with E-state index >= 15 is 0 Å². The van der Waals surface area contributed by atoms with Gasteiger partial charge in [-0.1, -0.05) is 247 Å². The molecule has 0 aromatic rings. The fourth-order valence-electron chi connectivity index (χ4n) is 8.84. The minimum atomic E-state index is -0.882. The van der Waals surface area contributed by atoms with Gasteiger partial charge in [0.15, 0.2) is 0 Å². The van der Waals surface area contributed by atoms with E-state index < -0.39 is 11.9 Å². The molecule has 0 spiro atoms. The molecule has 0 aromatic heterocycles. The van der Waals surface area contributed by atoms with E-state index in [2.05, 4.69) is 51.3 Å². The van der Waals surface area contributed by atoms with Crippen LogP contribution in [-0.2, 0) is 9.59 Å². The van der Waals surface area contributed by atoms with Gasteiger partial charge in [-0.15, -0.1) is 0 Å². The van der Waals surface area contributed by atoms with Crippen molar-refractivity contribution in [3.63, 3.8) is 0 Å². The number of unbranched alkanes of at least 4 members (excludes halogenated alkanes) is 30. The van der Waals surface area contributed by atoms with Gasteiger partial charge in [0, 0.05) is 36.9 Å². The van der Waals surface area contributed by atoms with Gasteiger partial charge in [0.05, 0.1) is 0 Å². The van der Waals surface area contributed by atoms with Crippen LogP contribution in [0, 0.1) is 0 Å². The summed E-state index contributed by atoms with van der Waals surface area (Å²) in [6.07, 6.45) is 49.4. The van der Waals surface area contributed by atoms with E-state index in [1.54, 1.807) is 0 Å². The van der Waals surface area contributed by atoms with Crippen LogP contribution in [0.4, 0.5) is 0 Å². The van der Waals surface area contributed by atoms with Crippen LogP contribution in [-0.4, -0.2) is 97.7 Å². The number of carboxylic acid groups (broad SMARTS) is 2. The summed E-state index contributed by atoms with van der Waals surface area (Å²) in [7, 11) is 0. The zero-order valence-electron chi connectivity index (χ0n) is 42.5. The van der Waals surface area contributed by atoms with Gasteiger partial charge in [0.2, 0.25) is 0 Å². The smallest absolute Gasteiger partial charge is 0.550 e. The average molecular weight is 890 g/mol. The zero-order chi connectivity index (χ0) is 44.6. The Morgan fingerprint density at radius 1 is 0.311 bits per heavy atom. The second-order valence-electron chi connectivity index (χ2n) is 18.7. The van der Waals surface area contributed by atoms with E-state index in [0.29, 0.717) is 0 Å². The fourth-order valence-corrected chi connectivity index (χ4v) is 8.84. The Kier molecular flexibility index (Phi) is 58.4. The van der Waals surface area contributed by atoms with Gasteiger partial charge in [0.1, 0.15) is 0 Å². The summed E-state index contributed by atoms with van der Waals surface area (Å²) in [6.45, 7) is 17.7. The van der Waals surface area contributed by atoms with Crippen LogP contribution in [0.5, 0.6) is 0 Å². The number of rotatable bonds is 48. The molecular formula is C54H108CaN2O4. The summed E-state index contributed by atoms with van der Waals surface area (Å²) >= 11 is 0. The van der Waals surface area contributed by atoms with Crippen molar-refractivity contribution in [3.8, 4) is 0 Å². The summed E-state index contributed by atoms with van der Waals surface area (Å²) in [5, 5.41) is 22.7. The van der Waals surface area contributed by atoms with Gasteiger partial charge in [-0.2, -0.15) is 0 Å². The molecule has 2 unspecified atom stereocenters. The number of carbonyl (C=O) groups is 2. The topological polar surface area (TPSA) is 86.7 Å². The first-order valence-corrected chi connectivity index (χ1v) is 27.2. The van der Waals surface area contributed by atoms with Crippen LogP contribution in [0.1, 0.15) is 298 Å². The monoisotopic (exact) mass is 889 g/mol. The van der Waals surface area contributed by atoms with Gasteiger partial charge in [-0.05, 0) is 64.7 Å². The van der Waals surface area contributed by atoms with Crippen LogP contribution in [0.3, 0.4) is 0 Å². The normalized spacial score (nSPS) is 12.3. The molecule has 0 aliphatic heterocycles. The second-order valence-corrected chi connectivity index (χ2v) is 18.7. The molecule has 0 aliphatic rings. The van der Waals surface area contributed by atoms with Gasteiger partial charge >= 0.3 is 37.7 Å². The molecule has 0 rings (SSSR count). The maximum atomic E-state index is 11.3. The van der Waals surface area contributed by atoms with Crippen molar-refractivity contribution in [3.05, 3.63) is 0 Å². The first kappa shape index (κ1) is 65.4. The molecule has 0 amide bonds. The molecule has 0 saturated heterocycles. The van der Waals surface area contributed by atoms with E-state index in [0.717, 1.165) is 64.7 Å². The van der Waals surface area contributed by atoms with Gasteiger partial charge in [-0.3, -0.25) is 0 Å². The van der Waals surface area contributed by atoms with E-state index in [1.807, 2.05) is 0 Å². The zero-order valence-corrected chi connectivity index (χ0v) is 44.7. The molecular weight excluding hydrogens is 781 g/mol. The van der Waals surface area contributed by atoms with Crippen LogP contribution in [0.25, 0.3) is 0 Å². The molecule has 0 N–H and O–H groups in total. The van der Waals surface area contributed by atoms with Crippen LogP contribution < -0.4 is 10.2 Å². The largest absolute Gasteiger partial charge is 2.00 e. The number of hydrogen-bond acceptors (Lipinski definition) is 6. The molecule has 0 aromatic carbocycles. The summed E-state index contributed by atoms with van der Waals surface area (Å²) in [6, 6.07) is 0.341. The first-order chi connectivity index (χ1) is 29.3. The Morgan fingerprint density at radius 2 is 0.492 bits per heavy atom. The predicted octanol–water partition coefficient (Wildman–Crippen LogP) is 14.2. The Morgan fingerprint density at radius 3 is 0.672 bits per heavy atom. The molecule has 0 heterocycles. The van der Waals surface area contributed by atoms with E-state index in [4.69, 9.17) is 0 Å². The van der Waals surface area contributed by atoms with Crippen molar-refractivity contribution < 1.29 is 19.8 Å². The molecule has 0 radical (unpaired) electrons. The van der Waals surface area contributed by atoms with Crippen molar-refractivity contribution in [2.45, 2.75) is 310 Å². The minimum absolute atomic E-state index is 0. The molecule has 0 saturated carbocycles. The maximum Gasteiger partial charge on any atom is 2.00 e. The number of nitrogens with zero attached hydrogens (tertiary/aromatic N) is 2. The van der Waals surface area contributed by atoms with Crippen LogP contribution >= 0.6 is 0 Å². The van der Waals surface area contributed by atoms with Gasteiger partial charge < -0.3 is 29.6 Å². The Hall–Kier alpha value is 0.120. The quantitative estimate of drug-likeness (QED) is 0.0447. The Balaban J connectivity index is -0.00000109. The molecule has 360 valence electrons. The third-order valence-electron chi connectivity index (χ3n) is 12.8. The first-order valence-electron chi connectivity index (χ1n) is 27.2. The van der Waals surface area contributed by atoms with Gasteiger partial charge in [0.25, 0.3) is 0 Å². The Bertz CT molecular complexity index is 753. The predicted molar refractivity (Wildman–Crippen MR) is 265 cm³/mol. The SMILES string of the molecule is CCCCCCCCCCN(CCCCCCCCCC)C(CCCC)CC(=O)[O-].CCCCCCCCCCN(CCCCCCCCCC)C(CCCC)CC(=O)[O-].[Ca+2]. The van der Waals surface area contributed by atoms with Crippen molar-refractivity contribution in [2.75, 3.05) is 26.2 Å². The second kappa shape index (κ2) is 54.5. The van der Waals surface area contributed by atoms with Crippen molar-refractivity contribution in [1.29, 1.82) is 0 Å². The molecule has 0 aliphatic carbocycles. The fraction of sp³-hybridized carbons (Fsp3) is 0.963. The standard InChI is InChI=1S/2C27H55NO2.Ca/c2*1-4-7-10-12-14-16-18-20-23-28(26(22-9-6-3)25-27(29)30)24-21-19-17-15-13-11-8-5-2;/h2*26H,4-25H2,1-3H3,(H,29,30);/q;;+2/p-2. The Labute approximate surface area is 413 Å².